The highest BCUT2D eigenvalue weighted by Crippen LogP contribution is 2.26. The lowest BCUT2D eigenvalue weighted by Crippen LogP contribution is -2.15. The summed E-state index contributed by atoms with van der Waals surface area (Å²) in [4.78, 5) is 0. The fourth-order valence-corrected chi connectivity index (χ4v) is 1.84. The summed E-state index contributed by atoms with van der Waals surface area (Å²) in [7, 11) is 0. The van der Waals surface area contributed by atoms with Gasteiger partial charge < -0.3 is 5.32 Å². The smallest absolute Gasteiger partial charge is 0.0489 e. The lowest BCUT2D eigenvalue weighted by atomic mass is 10.1. The van der Waals surface area contributed by atoms with Crippen LogP contribution in [0.3, 0.4) is 0 Å². The third-order valence-corrected chi connectivity index (χ3v) is 3.45. The fraction of sp³-hybridized carbons (Fsp3) is 0.385. The molecule has 0 heterocycles. The number of hydrogen-bond acceptors (Lipinski definition) is 1. The van der Waals surface area contributed by atoms with Gasteiger partial charge in [-0.05, 0) is 54.2 Å². The Morgan fingerprint density at radius 2 is 2.27 bits per heavy atom. The lowest BCUT2D eigenvalue weighted by molar-refractivity contribution is 0.718. The van der Waals surface area contributed by atoms with Crippen LogP contribution in [0.15, 0.2) is 35.3 Å². The predicted octanol–water partition coefficient (Wildman–Crippen LogP) is 4.52. The first-order valence-corrected chi connectivity index (χ1v) is 6.07. The van der Waals surface area contributed by atoms with Crippen LogP contribution in [0.5, 0.6) is 0 Å². The maximum absolute atomic E-state index is 3.73. The number of benzene rings is 1. The molecular formula is C13H18BrN. The summed E-state index contributed by atoms with van der Waals surface area (Å²) in [5.41, 5.74) is 2.43. The minimum atomic E-state index is 0.473. The average Bonchev–Trinajstić information content (AvgIpc) is 2.22. The molecule has 1 aromatic carbocycles. The van der Waals surface area contributed by atoms with E-state index in [1.54, 1.807) is 0 Å². The second-order valence-corrected chi connectivity index (χ2v) is 4.64. The standard InChI is InChI=1S/C13H18BrN/c1-4-5-8-11(3)15-12-9-6-7-10(2)13(12)14/h4,6-7,9,11,15H,1,5,8H2,2-3H3. The summed E-state index contributed by atoms with van der Waals surface area (Å²) in [5.74, 6) is 0. The van der Waals surface area contributed by atoms with Crippen LogP contribution >= 0.6 is 15.9 Å². The molecule has 1 nitrogen and oxygen atoms in total. The van der Waals surface area contributed by atoms with Gasteiger partial charge in [0.1, 0.15) is 0 Å². The second-order valence-electron chi connectivity index (χ2n) is 3.85. The molecule has 0 saturated carbocycles. The first kappa shape index (κ1) is 12.3. The molecule has 0 fully saturated rings. The summed E-state index contributed by atoms with van der Waals surface area (Å²) in [5, 5.41) is 3.49. The van der Waals surface area contributed by atoms with E-state index in [1.165, 1.54) is 11.3 Å². The van der Waals surface area contributed by atoms with Crippen molar-refractivity contribution in [3.8, 4) is 0 Å². The number of nitrogens with one attached hydrogen (secondary N) is 1. The van der Waals surface area contributed by atoms with Crippen molar-refractivity contribution in [2.45, 2.75) is 32.7 Å². The van der Waals surface area contributed by atoms with Gasteiger partial charge in [0.05, 0.1) is 0 Å². The maximum Gasteiger partial charge on any atom is 0.0489 e. The summed E-state index contributed by atoms with van der Waals surface area (Å²) in [6.07, 6.45) is 4.13. The largest absolute Gasteiger partial charge is 0.382 e. The highest BCUT2D eigenvalue weighted by atomic mass is 79.9. The molecule has 1 rings (SSSR count). The van der Waals surface area contributed by atoms with E-state index in [1.807, 2.05) is 6.08 Å². The monoisotopic (exact) mass is 267 g/mol. The number of rotatable bonds is 5. The number of aryl methyl sites for hydroxylation is 1. The lowest BCUT2D eigenvalue weighted by Gasteiger charge is -2.16. The Labute approximate surface area is 101 Å². The number of hydrogen-bond donors (Lipinski definition) is 1. The van der Waals surface area contributed by atoms with E-state index >= 15 is 0 Å². The van der Waals surface area contributed by atoms with E-state index in [0.29, 0.717) is 6.04 Å². The van der Waals surface area contributed by atoms with Crippen LogP contribution in [-0.2, 0) is 0 Å². The molecule has 0 aliphatic heterocycles. The molecule has 1 aromatic rings. The predicted molar refractivity (Wildman–Crippen MR) is 71.4 cm³/mol. The molecule has 1 N–H and O–H groups in total. The summed E-state index contributed by atoms with van der Waals surface area (Å²) >= 11 is 3.59. The molecule has 82 valence electrons. The van der Waals surface area contributed by atoms with Crippen LogP contribution in [0, 0.1) is 6.92 Å². The Kier molecular flexibility index (Phi) is 4.89. The van der Waals surface area contributed by atoms with Gasteiger partial charge >= 0.3 is 0 Å². The molecular weight excluding hydrogens is 250 g/mol. The van der Waals surface area contributed by atoms with Crippen molar-refractivity contribution in [2.24, 2.45) is 0 Å². The number of anilines is 1. The van der Waals surface area contributed by atoms with Crippen molar-refractivity contribution >= 4 is 21.6 Å². The van der Waals surface area contributed by atoms with Crippen LogP contribution in [0.2, 0.25) is 0 Å². The molecule has 0 spiro atoms. The van der Waals surface area contributed by atoms with E-state index in [-0.39, 0.29) is 0 Å². The van der Waals surface area contributed by atoms with Gasteiger partial charge in [-0.1, -0.05) is 18.2 Å². The number of halogens is 1. The van der Waals surface area contributed by atoms with Crippen LogP contribution in [0.4, 0.5) is 5.69 Å². The maximum atomic E-state index is 3.73. The third kappa shape index (κ3) is 3.71. The Morgan fingerprint density at radius 1 is 1.53 bits per heavy atom. The van der Waals surface area contributed by atoms with Gasteiger partial charge in [0.25, 0.3) is 0 Å². The Hall–Kier alpha value is -0.760. The first-order chi connectivity index (χ1) is 7.15. The molecule has 0 saturated heterocycles. The third-order valence-electron chi connectivity index (χ3n) is 2.40. The number of allylic oxidation sites excluding steroid dienone is 1. The van der Waals surface area contributed by atoms with E-state index in [0.717, 1.165) is 17.3 Å². The first-order valence-electron chi connectivity index (χ1n) is 5.27. The van der Waals surface area contributed by atoms with Gasteiger partial charge in [-0.25, -0.2) is 0 Å². The van der Waals surface area contributed by atoms with Gasteiger partial charge in [-0.15, -0.1) is 6.58 Å². The van der Waals surface area contributed by atoms with Crippen LogP contribution in [-0.4, -0.2) is 6.04 Å². The van der Waals surface area contributed by atoms with Crippen molar-refractivity contribution < 1.29 is 0 Å². The van der Waals surface area contributed by atoms with Crippen LogP contribution in [0.1, 0.15) is 25.3 Å². The topological polar surface area (TPSA) is 12.0 Å². The molecule has 0 bridgehead atoms. The zero-order valence-electron chi connectivity index (χ0n) is 9.39. The van der Waals surface area contributed by atoms with Crippen molar-refractivity contribution in [2.75, 3.05) is 5.32 Å². The van der Waals surface area contributed by atoms with Crippen LogP contribution in [0.25, 0.3) is 0 Å². The van der Waals surface area contributed by atoms with E-state index in [2.05, 4.69) is 59.9 Å². The van der Waals surface area contributed by atoms with E-state index < -0.39 is 0 Å². The van der Waals surface area contributed by atoms with Gasteiger partial charge in [0.15, 0.2) is 0 Å². The molecule has 0 aliphatic carbocycles. The zero-order valence-corrected chi connectivity index (χ0v) is 11.0. The minimum Gasteiger partial charge on any atom is -0.382 e. The summed E-state index contributed by atoms with van der Waals surface area (Å²) < 4.78 is 1.16. The molecule has 15 heavy (non-hydrogen) atoms. The van der Waals surface area contributed by atoms with Gasteiger partial charge in [-0.3, -0.25) is 0 Å². The highest BCUT2D eigenvalue weighted by molar-refractivity contribution is 9.10. The normalized spacial score (nSPS) is 12.2. The second kappa shape index (κ2) is 5.96. The van der Waals surface area contributed by atoms with Crippen molar-refractivity contribution in [3.63, 3.8) is 0 Å². The Bertz CT molecular complexity index is 333. The SMILES string of the molecule is C=CCCC(C)Nc1cccc(C)c1Br. The van der Waals surface area contributed by atoms with Crippen molar-refractivity contribution in [1.82, 2.24) is 0 Å². The van der Waals surface area contributed by atoms with Crippen molar-refractivity contribution in [1.29, 1.82) is 0 Å². The van der Waals surface area contributed by atoms with Gasteiger partial charge in [0, 0.05) is 16.2 Å². The average molecular weight is 268 g/mol. The minimum absolute atomic E-state index is 0.473. The molecule has 0 amide bonds. The van der Waals surface area contributed by atoms with Crippen LogP contribution < -0.4 is 5.32 Å². The molecule has 0 radical (unpaired) electrons. The Balaban J connectivity index is 2.63. The molecule has 1 atom stereocenters. The Morgan fingerprint density at radius 3 is 2.93 bits per heavy atom. The van der Waals surface area contributed by atoms with Gasteiger partial charge in [-0.2, -0.15) is 0 Å². The molecule has 1 unspecified atom stereocenters. The molecule has 0 aromatic heterocycles. The fourth-order valence-electron chi connectivity index (χ4n) is 1.46. The highest BCUT2D eigenvalue weighted by Gasteiger charge is 2.05. The zero-order chi connectivity index (χ0) is 11.3. The summed E-state index contributed by atoms with van der Waals surface area (Å²) in [6.45, 7) is 8.03. The van der Waals surface area contributed by atoms with Gasteiger partial charge in [0.2, 0.25) is 0 Å². The van der Waals surface area contributed by atoms with E-state index in [9.17, 15) is 0 Å². The van der Waals surface area contributed by atoms with Crippen molar-refractivity contribution in [3.05, 3.63) is 40.9 Å². The quantitative estimate of drug-likeness (QED) is 0.774. The molecule has 2 heteroatoms. The molecule has 0 aliphatic rings. The summed E-state index contributed by atoms with van der Waals surface area (Å²) in [6, 6.07) is 6.74. The van der Waals surface area contributed by atoms with E-state index in [4.69, 9.17) is 0 Å².